The largest absolute Gasteiger partial charge is 0.748 e. The zero-order chi connectivity index (χ0) is 32.0. The fourth-order valence-electron chi connectivity index (χ4n) is 5.37. The highest BCUT2D eigenvalue weighted by Gasteiger charge is 2.30. The summed E-state index contributed by atoms with van der Waals surface area (Å²) in [6.07, 6.45) is 9.84. The Labute approximate surface area is 262 Å². The summed E-state index contributed by atoms with van der Waals surface area (Å²) in [5, 5.41) is 0.503. The van der Waals surface area contributed by atoms with Crippen molar-refractivity contribution in [2.24, 2.45) is 0 Å². The van der Waals surface area contributed by atoms with Crippen LogP contribution in [0.3, 0.4) is 0 Å². The summed E-state index contributed by atoms with van der Waals surface area (Å²) >= 11 is 6.51. The van der Waals surface area contributed by atoms with Crippen molar-refractivity contribution < 1.29 is 36.8 Å². The van der Waals surface area contributed by atoms with Crippen molar-refractivity contribution in [3.8, 4) is 0 Å². The van der Waals surface area contributed by atoms with E-state index in [1.54, 1.807) is 6.07 Å². The van der Waals surface area contributed by atoms with Gasteiger partial charge in [0.05, 0.1) is 54.4 Å². The van der Waals surface area contributed by atoms with Gasteiger partial charge in [0.15, 0.2) is 11.0 Å². The third kappa shape index (κ3) is 7.16. The number of allylic oxidation sites excluding steroid dienone is 4. The van der Waals surface area contributed by atoms with Gasteiger partial charge in [0.25, 0.3) is 5.82 Å². The minimum absolute atomic E-state index is 0.134. The third-order valence-electron chi connectivity index (χ3n) is 7.40. The van der Waals surface area contributed by atoms with E-state index in [1.165, 1.54) is 14.2 Å². The second-order valence-electron chi connectivity index (χ2n) is 10.00. The number of hydrogen-bond donors (Lipinski definition) is 0. The lowest BCUT2D eigenvalue weighted by Crippen LogP contribution is -2.35. The van der Waals surface area contributed by atoms with Crippen LogP contribution in [0.2, 0.25) is 5.02 Å². The lowest BCUT2D eigenvalue weighted by atomic mass is 10.1. The van der Waals surface area contributed by atoms with Crippen LogP contribution in [0.4, 0.5) is 11.4 Å². The van der Waals surface area contributed by atoms with Crippen LogP contribution in [-0.2, 0) is 44.3 Å². The number of aromatic nitrogens is 2. The molecule has 0 radical (unpaired) electrons. The molecule has 2 heterocycles. The van der Waals surface area contributed by atoms with Gasteiger partial charge >= 0.3 is 5.97 Å². The zero-order valence-corrected chi connectivity index (χ0v) is 27.0. The van der Waals surface area contributed by atoms with Crippen LogP contribution in [0.15, 0.2) is 60.5 Å². The Hall–Kier alpha value is -3.68. The highest BCUT2D eigenvalue weighted by atomic mass is 35.5. The SMILES string of the molecule is CCn1c(/C=C/C=C/C=C2\N(C)c3cc(Cl)c(COOC)cc3N2CCCS(=O)(=O)[O-])[n+](CC)c2ccc(C(=O)OC)cc21. The van der Waals surface area contributed by atoms with E-state index in [-0.39, 0.29) is 19.0 Å². The molecule has 2 aromatic carbocycles. The molecule has 0 atom stereocenters. The van der Waals surface area contributed by atoms with Gasteiger partial charge in [0.1, 0.15) is 12.4 Å². The topological polar surface area (TPSA) is 117 Å². The molecule has 0 saturated heterocycles. The maximum absolute atomic E-state index is 12.1. The Kier molecular flexibility index (Phi) is 10.9. The monoisotopic (exact) mass is 644 g/mol. The maximum atomic E-state index is 12.1. The highest BCUT2D eigenvalue weighted by molar-refractivity contribution is 7.85. The molecule has 0 spiro atoms. The van der Waals surface area contributed by atoms with Gasteiger partial charge in [0.2, 0.25) is 0 Å². The number of fused-ring (bicyclic) bond motifs is 2. The van der Waals surface area contributed by atoms with Gasteiger partial charge in [-0.25, -0.2) is 32.1 Å². The van der Waals surface area contributed by atoms with Crippen molar-refractivity contribution >= 4 is 56.2 Å². The summed E-state index contributed by atoms with van der Waals surface area (Å²) in [4.78, 5) is 25.9. The highest BCUT2D eigenvalue weighted by Crippen LogP contribution is 2.44. The molecule has 44 heavy (non-hydrogen) atoms. The first-order valence-corrected chi connectivity index (χ1v) is 16.1. The first-order valence-electron chi connectivity index (χ1n) is 14.2. The molecule has 1 aliphatic heterocycles. The molecular formula is C31H37ClN4O7S. The number of esters is 1. The number of imidazole rings is 1. The standard InChI is InChI=1S/C31H37ClN4O7S/c1-6-34-25-15-14-22(31(37)41-4)18-27(25)35(7-2)30(34)13-10-8-9-12-29-33(3)26-20-24(32)23(21-43-42-5)19-28(26)36(29)16-11-17-44(38,39)40/h8-10,12-15,18-20H,6-7,11,16-17,21H2,1-5H3. The molecule has 0 aliphatic carbocycles. The van der Waals surface area contributed by atoms with Gasteiger partial charge in [-0.05, 0) is 50.6 Å². The van der Waals surface area contributed by atoms with Crippen molar-refractivity contribution in [2.45, 2.75) is 40.0 Å². The molecule has 0 fully saturated rings. The van der Waals surface area contributed by atoms with Crippen LogP contribution >= 0.6 is 11.6 Å². The van der Waals surface area contributed by atoms with Crippen molar-refractivity contribution in [1.82, 2.24) is 4.57 Å². The molecule has 3 aromatic rings. The van der Waals surface area contributed by atoms with E-state index >= 15 is 0 Å². The molecule has 13 heteroatoms. The summed E-state index contributed by atoms with van der Waals surface area (Å²) in [5.74, 6) is 0.925. The number of aryl methyl sites for hydroxylation is 2. The van der Waals surface area contributed by atoms with Crippen molar-refractivity contribution in [2.75, 3.05) is 43.4 Å². The molecule has 0 saturated carbocycles. The first-order chi connectivity index (χ1) is 21.0. The Morgan fingerprint density at radius 2 is 1.86 bits per heavy atom. The van der Waals surface area contributed by atoms with E-state index in [0.29, 0.717) is 29.2 Å². The van der Waals surface area contributed by atoms with Crippen LogP contribution < -0.4 is 14.4 Å². The minimum atomic E-state index is -4.35. The van der Waals surface area contributed by atoms with Gasteiger partial charge in [-0.2, -0.15) is 0 Å². The quantitative estimate of drug-likeness (QED) is 0.0646. The fraction of sp³-hybridized carbons (Fsp3) is 0.355. The maximum Gasteiger partial charge on any atom is 0.338 e. The Balaban J connectivity index is 1.65. The fourth-order valence-corrected chi connectivity index (χ4v) is 6.07. The van der Waals surface area contributed by atoms with Gasteiger partial charge in [-0.3, -0.25) is 0 Å². The number of anilines is 2. The van der Waals surface area contributed by atoms with E-state index in [1.807, 2.05) is 71.5 Å². The number of nitrogens with zero attached hydrogens (tertiary/aromatic N) is 4. The van der Waals surface area contributed by atoms with Gasteiger partial charge < -0.3 is 19.1 Å². The number of methoxy groups -OCH3 is 1. The van der Waals surface area contributed by atoms with Crippen LogP contribution in [0.25, 0.3) is 17.1 Å². The second kappa shape index (κ2) is 14.4. The van der Waals surface area contributed by atoms with Crippen molar-refractivity contribution in [1.29, 1.82) is 0 Å². The summed E-state index contributed by atoms with van der Waals surface area (Å²) in [7, 11) is 0.332. The molecule has 11 nitrogen and oxygen atoms in total. The molecule has 1 aliphatic rings. The minimum Gasteiger partial charge on any atom is -0.748 e. The second-order valence-corrected chi connectivity index (χ2v) is 11.9. The number of ether oxygens (including phenoxy) is 1. The Morgan fingerprint density at radius 1 is 1.09 bits per heavy atom. The molecule has 1 aromatic heterocycles. The number of carbonyl (C=O) groups is 1. The van der Waals surface area contributed by atoms with E-state index in [2.05, 4.69) is 23.0 Å². The summed E-state index contributed by atoms with van der Waals surface area (Å²) in [6.45, 7) is 6.02. The van der Waals surface area contributed by atoms with E-state index in [4.69, 9.17) is 26.1 Å². The van der Waals surface area contributed by atoms with Gasteiger partial charge in [-0.1, -0.05) is 29.8 Å². The molecule has 0 amide bonds. The average molecular weight is 645 g/mol. The van der Waals surface area contributed by atoms with Crippen LogP contribution in [0, 0.1) is 0 Å². The molecule has 0 N–H and O–H groups in total. The summed E-state index contributed by atoms with van der Waals surface area (Å²) in [5.41, 5.74) is 4.81. The predicted octanol–water partition coefficient (Wildman–Crippen LogP) is 4.79. The number of benzene rings is 2. The molecule has 4 rings (SSSR count). The van der Waals surface area contributed by atoms with Crippen molar-refractivity contribution in [3.05, 3.63) is 82.4 Å². The number of hydrogen-bond acceptors (Lipinski definition) is 9. The van der Waals surface area contributed by atoms with Crippen LogP contribution in [-0.4, -0.2) is 57.1 Å². The first kappa shape index (κ1) is 33.2. The lowest BCUT2D eigenvalue weighted by Gasteiger charge is -2.23. The van der Waals surface area contributed by atoms with Gasteiger partial charge in [0, 0.05) is 42.1 Å². The van der Waals surface area contributed by atoms with Gasteiger partial charge in [-0.15, -0.1) is 0 Å². The Morgan fingerprint density at radius 3 is 2.52 bits per heavy atom. The lowest BCUT2D eigenvalue weighted by molar-refractivity contribution is -0.670. The summed E-state index contributed by atoms with van der Waals surface area (Å²) < 4.78 is 43.1. The average Bonchev–Trinajstić information content (AvgIpc) is 3.43. The molecule has 236 valence electrons. The number of carbonyl (C=O) groups excluding carboxylic acids is 1. The predicted molar refractivity (Wildman–Crippen MR) is 169 cm³/mol. The summed E-state index contributed by atoms with van der Waals surface area (Å²) in [6, 6.07) is 9.27. The third-order valence-corrected chi connectivity index (χ3v) is 8.54. The normalized spacial score (nSPS) is 14.6. The smallest absolute Gasteiger partial charge is 0.338 e. The van der Waals surface area contributed by atoms with E-state index in [0.717, 1.165) is 40.6 Å². The Bertz CT molecular complexity index is 1730. The molecular weight excluding hydrogens is 608 g/mol. The molecule has 0 unspecified atom stereocenters. The van der Waals surface area contributed by atoms with Crippen LogP contribution in [0.1, 0.15) is 42.0 Å². The number of halogens is 1. The van der Waals surface area contributed by atoms with E-state index < -0.39 is 15.9 Å². The molecule has 0 bridgehead atoms. The van der Waals surface area contributed by atoms with Crippen molar-refractivity contribution in [3.63, 3.8) is 0 Å². The van der Waals surface area contributed by atoms with Crippen LogP contribution in [0.5, 0.6) is 0 Å². The number of rotatable bonds is 13. The van der Waals surface area contributed by atoms with E-state index in [9.17, 15) is 17.8 Å². The zero-order valence-electron chi connectivity index (χ0n) is 25.4.